The quantitative estimate of drug-likeness (QED) is 0.686. The second-order valence-electron chi connectivity index (χ2n) is 6.44. The lowest BCUT2D eigenvalue weighted by atomic mass is 9.94. The summed E-state index contributed by atoms with van der Waals surface area (Å²) in [5.41, 5.74) is 2.06. The number of nitrogens with zero attached hydrogens (tertiary/aromatic N) is 1. The molecule has 2 unspecified atom stereocenters. The Morgan fingerprint density at radius 3 is 2.75 bits per heavy atom. The topological polar surface area (TPSA) is 92.4 Å². The van der Waals surface area contributed by atoms with Gasteiger partial charge in [0.1, 0.15) is 5.83 Å². The smallest absolute Gasteiger partial charge is 0.305 e. The predicted molar refractivity (Wildman–Crippen MR) is 102 cm³/mol. The van der Waals surface area contributed by atoms with Gasteiger partial charge in [-0.05, 0) is 35.6 Å². The molecular weight excluding hydrogens is 387 g/mol. The molecule has 1 heterocycles. The number of aromatic nitrogens is 1. The first-order valence-corrected chi connectivity index (χ1v) is 9.07. The lowest BCUT2D eigenvalue weighted by Crippen LogP contribution is -2.38. The van der Waals surface area contributed by atoms with Gasteiger partial charge in [0.25, 0.3) is 5.91 Å². The number of carbonyl (C=O) groups excluding carboxylic acids is 1. The van der Waals surface area contributed by atoms with E-state index in [0.717, 1.165) is 17.5 Å². The van der Waals surface area contributed by atoms with E-state index in [-0.39, 0.29) is 23.4 Å². The molecule has 0 aliphatic heterocycles. The third-order valence-electron chi connectivity index (χ3n) is 4.34. The van der Waals surface area contributed by atoms with Gasteiger partial charge in [0.15, 0.2) is 6.39 Å². The molecule has 1 aliphatic rings. The summed E-state index contributed by atoms with van der Waals surface area (Å²) in [7, 11) is 0. The summed E-state index contributed by atoms with van der Waals surface area (Å²) in [6.45, 7) is 0. The van der Waals surface area contributed by atoms with Gasteiger partial charge in [-0.15, -0.1) is 11.6 Å². The summed E-state index contributed by atoms with van der Waals surface area (Å²) in [6, 6.07) is 6.47. The molecule has 1 aromatic heterocycles. The number of oxazole rings is 1. The van der Waals surface area contributed by atoms with Crippen LogP contribution in [0.4, 0.5) is 4.39 Å². The number of aliphatic carboxylic acids is 1. The van der Waals surface area contributed by atoms with E-state index < -0.39 is 17.9 Å². The highest BCUT2D eigenvalue weighted by Gasteiger charge is 2.20. The van der Waals surface area contributed by atoms with Crippen molar-refractivity contribution in [3.63, 3.8) is 0 Å². The maximum atomic E-state index is 14.0. The maximum absolute atomic E-state index is 14.0. The fraction of sp³-hybridized carbons (Fsp3) is 0.250. The molecule has 0 saturated carbocycles. The predicted octanol–water partition coefficient (Wildman–Crippen LogP) is 3.74. The largest absolute Gasteiger partial charge is 0.481 e. The van der Waals surface area contributed by atoms with Crippen molar-refractivity contribution in [2.24, 2.45) is 0 Å². The molecule has 146 valence electrons. The molecule has 0 fully saturated rings. The molecule has 3 rings (SSSR count). The molecule has 28 heavy (non-hydrogen) atoms. The SMILES string of the molecule is O=C(O)CC(Cc1ccc(C2=C(F)C=CC(Cl)C2)cc1)NC(=O)c1cnco1. The van der Waals surface area contributed by atoms with Gasteiger partial charge in [-0.2, -0.15) is 0 Å². The number of allylic oxidation sites excluding steroid dienone is 4. The van der Waals surface area contributed by atoms with E-state index in [2.05, 4.69) is 10.3 Å². The first-order chi connectivity index (χ1) is 13.4. The van der Waals surface area contributed by atoms with Crippen LogP contribution in [0.15, 0.2) is 59.3 Å². The lowest BCUT2D eigenvalue weighted by molar-refractivity contribution is -0.137. The van der Waals surface area contributed by atoms with E-state index in [1.807, 2.05) is 0 Å². The van der Waals surface area contributed by atoms with Gasteiger partial charge in [-0.25, -0.2) is 9.37 Å². The summed E-state index contributed by atoms with van der Waals surface area (Å²) in [5, 5.41) is 11.5. The minimum atomic E-state index is -1.03. The molecule has 2 N–H and O–H groups in total. The van der Waals surface area contributed by atoms with Crippen LogP contribution in [0.1, 0.15) is 34.5 Å². The second-order valence-corrected chi connectivity index (χ2v) is 7.00. The molecule has 0 bridgehead atoms. The Morgan fingerprint density at radius 2 is 2.11 bits per heavy atom. The number of rotatable bonds is 7. The summed E-state index contributed by atoms with van der Waals surface area (Å²) in [5.74, 6) is -1.87. The standard InChI is InChI=1S/C20H18ClFN2O4/c21-14-5-6-17(22)16(8-14)13-3-1-12(2-4-13)7-15(9-19(25)26)24-20(27)18-10-23-11-28-18/h1-6,10-11,14-15H,7-9H2,(H,24,27)(H,25,26). The average Bonchev–Trinajstić information content (AvgIpc) is 3.19. The monoisotopic (exact) mass is 404 g/mol. The van der Waals surface area contributed by atoms with E-state index in [1.165, 1.54) is 12.3 Å². The van der Waals surface area contributed by atoms with Gasteiger partial charge in [0.2, 0.25) is 5.76 Å². The van der Waals surface area contributed by atoms with E-state index in [0.29, 0.717) is 18.4 Å². The van der Waals surface area contributed by atoms with Crippen LogP contribution in [0.5, 0.6) is 0 Å². The van der Waals surface area contributed by atoms with Crippen LogP contribution in [-0.2, 0) is 11.2 Å². The molecule has 1 aliphatic carbocycles. The zero-order chi connectivity index (χ0) is 20.1. The van der Waals surface area contributed by atoms with Crippen molar-refractivity contribution in [3.05, 3.63) is 71.7 Å². The first kappa shape index (κ1) is 19.8. The highest BCUT2D eigenvalue weighted by atomic mass is 35.5. The number of hydrogen-bond donors (Lipinski definition) is 2. The van der Waals surface area contributed by atoms with Crippen LogP contribution in [-0.4, -0.2) is 33.4 Å². The van der Waals surface area contributed by atoms with Crippen molar-refractivity contribution in [2.45, 2.75) is 30.7 Å². The molecular formula is C20H18ClFN2O4. The number of hydrogen-bond acceptors (Lipinski definition) is 4. The molecule has 6 nitrogen and oxygen atoms in total. The van der Waals surface area contributed by atoms with E-state index >= 15 is 0 Å². The van der Waals surface area contributed by atoms with Crippen molar-refractivity contribution >= 4 is 29.1 Å². The normalized spacial score (nSPS) is 17.4. The van der Waals surface area contributed by atoms with E-state index in [1.54, 1.807) is 30.3 Å². The van der Waals surface area contributed by atoms with Crippen molar-refractivity contribution < 1.29 is 23.5 Å². The van der Waals surface area contributed by atoms with E-state index in [4.69, 9.17) is 21.1 Å². The minimum absolute atomic E-state index is 0.00845. The number of halogens is 2. The van der Waals surface area contributed by atoms with Crippen molar-refractivity contribution in [3.8, 4) is 0 Å². The van der Waals surface area contributed by atoms with Crippen LogP contribution in [0, 0.1) is 0 Å². The molecule has 1 aromatic carbocycles. The van der Waals surface area contributed by atoms with Crippen LogP contribution >= 0.6 is 11.6 Å². The Morgan fingerprint density at radius 1 is 1.36 bits per heavy atom. The molecule has 0 radical (unpaired) electrons. The van der Waals surface area contributed by atoms with Crippen molar-refractivity contribution in [1.29, 1.82) is 0 Å². The lowest BCUT2D eigenvalue weighted by Gasteiger charge is -2.18. The van der Waals surface area contributed by atoms with E-state index in [9.17, 15) is 14.0 Å². The van der Waals surface area contributed by atoms with Gasteiger partial charge < -0.3 is 14.8 Å². The number of alkyl halides is 1. The van der Waals surface area contributed by atoms with Gasteiger partial charge in [-0.3, -0.25) is 9.59 Å². The van der Waals surface area contributed by atoms with Crippen molar-refractivity contribution in [1.82, 2.24) is 10.3 Å². The van der Waals surface area contributed by atoms with Crippen LogP contribution in [0.2, 0.25) is 0 Å². The van der Waals surface area contributed by atoms with Gasteiger partial charge in [0.05, 0.1) is 18.0 Å². The molecule has 2 atom stereocenters. The number of carboxylic acid groups (broad SMARTS) is 1. The Hall–Kier alpha value is -2.93. The third-order valence-corrected chi connectivity index (χ3v) is 4.64. The Bertz CT molecular complexity index is 907. The van der Waals surface area contributed by atoms with Crippen LogP contribution in [0.25, 0.3) is 5.57 Å². The number of carboxylic acids is 1. The van der Waals surface area contributed by atoms with Crippen LogP contribution in [0.3, 0.4) is 0 Å². The highest BCUT2D eigenvalue weighted by molar-refractivity contribution is 6.22. The Labute approximate surface area is 165 Å². The van der Waals surface area contributed by atoms with Gasteiger partial charge >= 0.3 is 5.97 Å². The molecule has 2 aromatic rings. The summed E-state index contributed by atoms with van der Waals surface area (Å²) < 4.78 is 19.0. The maximum Gasteiger partial charge on any atom is 0.305 e. The molecule has 8 heteroatoms. The summed E-state index contributed by atoms with van der Waals surface area (Å²) >= 11 is 6.07. The summed E-state index contributed by atoms with van der Waals surface area (Å²) in [6.07, 6.45) is 5.81. The van der Waals surface area contributed by atoms with Crippen LogP contribution < -0.4 is 5.32 Å². The minimum Gasteiger partial charge on any atom is -0.481 e. The van der Waals surface area contributed by atoms with Crippen molar-refractivity contribution in [2.75, 3.05) is 0 Å². The Kier molecular flexibility index (Phi) is 6.26. The zero-order valence-corrected chi connectivity index (χ0v) is 15.5. The fourth-order valence-electron chi connectivity index (χ4n) is 3.00. The Balaban J connectivity index is 1.71. The number of amides is 1. The summed E-state index contributed by atoms with van der Waals surface area (Å²) in [4.78, 5) is 26.9. The first-order valence-electron chi connectivity index (χ1n) is 8.63. The number of nitrogens with one attached hydrogen (secondary N) is 1. The third kappa shape index (κ3) is 5.07. The highest BCUT2D eigenvalue weighted by Crippen LogP contribution is 2.31. The average molecular weight is 405 g/mol. The molecule has 0 saturated heterocycles. The van der Waals surface area contributed by atoms with Gasteiger partial charge in [0, 0.05) is 6.04 Å². The number of benzene rings is 1. The second kappa shape index (κ2) is 8.84. The fourth-order valence-corrected chi connectivity index (χ4v) is 3.23. The molecule has 1 amide bonds. The number of carbonyl (C=O) groups is 2. The van der Waals surface area contributed by atoms with Gasteiger partial charge in [-0.1, -0.05) is 30.3 Å². The molecule has 0 spiro atoms. The zero-order valence-electron chi connectivity index (χ0n) is 14.8.